The van der Waals surface area contributed by atoms with Gasteiger partial charge in [0.15, 0.2) is 0 Å². The van der Waals surface area contributed by atoms with E-state index in [1.807, 2.05) is 0 Å². The number of imidazole rings is 1. The summed E-state index contributed by atoms with van der Waals surface area (Å²) in [7, 11) is 0. The molecular weight excluding hydrogens is 412 g/mol. The lowest BCUT2D eigenvalue weighted by Crippen LogP contribution is -2.04. The van der Waals surface area contributed by atoms with Gasteiger partial charge in [-0.25, -0.2) is 4.98 Å². The minimum absolute atomic E-state index is 0.499. The Hall–Kier alpha value is -1.57. The van der Waals surface area contributed by atoms with E-state index in [1.165, 1.54) is 120 Å². The van der Waals surface area contributed by atoms with Crippen LogP contribution in [0.2, 0.25) is 0 Å². The Morgan fingerprint density at radius 2 is 1.18 bits per heavy atom. The minimum atomic E-state index is 0.499. The molecule has 1 aromatic carbocycles. The van der Waals surface area contributed by atoms with Crippen LogP contribution in [0.4, 0.5) is 0 Å². The quantitative estimate of drug-likeness (QED) is 0.167. The lowest BCUT2D eigenvalue weighted by atomic mass is 10.0. The fourth-order valence-corrected chi connectivity index (χ4v) is 5.02. The van der Waals surface area contributed by atoms with E-state index in [0.29, 0.717) is 5.92 Å². The Bertz CT molecular complexity index is 716. The molecule has 0 unspecified atom stereocenters. The van der Waals surface area contributed by atoms with Gasteiger partial charge in [-0.1, -0.05) is 141 Å². The van der Waals surface area contributed by atoms with Gasteiger partial charge in [-0.15, -0.1) is 0 Å². The number of hydrogen-bond acceptors (Lipinski definition) is 1. The highest BCUT2D eigenvalue weighted by molar-refractivity contribution is 5.15. The van der Waals surface area contributed by atoms with Crippen molar-refractivity contribution in [3.8, 4) is 0 Å². The first kappa shape index (κ1) is 28.7. The van der Waals surface area contributed by atoms with Crippen molar-refractivity contribution in [3.63, 3.8) is 0 Å². The summed E-state index contributed by atoms with van der Waals surface area (Å²) < 4.78 is 2.45. The first-order chi connectivity index (χ1) is 16.7. The Kier molecular flexibility index (Phi) is 15.8. The summed E-state index contributed by atoms with van der Waals surface area (Å²) in [6.45, 7) is 7.99. The highest BCUT2D eigenvalue weighted by atomic mass is 15.1. The molecule has 192 valence electrons. The van der Waals surface area contributed by atoms with Crippen LogP contribution in [0.5, 0.6) is 0 Å². The fourth-order valence-electron chi connectivity index (χ4n) is 5.02. The molecule has 34 heavy (non-hydrogen) atoms. The molecule has 0 N–H and O–H groups in total. The first-order valence-electron chi connectivity index (χ1n) is 14.8. The summed E-state index contributed by atoms with van der Waals surface area (Å²) in [5.41, 5.74) is 2.71. The van der Waals surface area contributed by atoms with Crippen LogP contribution in [0.15, 0.2) is 36.5 Å². The molecule has 0 saturated carbocycles. The van der Waals surface area contributed by atoms with Crippen LogP contribution < -0.4 is 0 Å². The third-order valence-electron chi connectivity index (χ3n) is 7.12. The van der Waals surface area contributed by atoms with E-state index in [1.54, 1.807) is 0 Å². The zero-order chi connectivity index (χ0) is 24.3. The van der Waals surface area contributed by atoms with Crippen LogP contribution in [-0.4, -0.2) is 9.55 Å². The Labute approximate surface area is 212 Å². The average molecular weight is 467 g/mol. The molecule has 2 aromatic rings. The van der Waals surface area contributed by atoms with Crippen molar-refractivity contribution in [2.45, 2.75) is 149 Å². The summed E-state index contributed by atoms with van der Waals surface area (Å²) in [5.74, 6) is 1.78. The molecule has 2 heteroatoms. The number of nitrogens with zero attached hydrogens (tertiary/aromatic N) is 2. The SMILES string of the molecule is CCCCCCCCCCCCCCCCCn1cc(CCCc2ccccc2)nc1C(C)C. The molecule has 0 aliphatic heterocycles. The van der Waals surface area contributed by atoms with Crippen LogP contribution in [0.25, 0.3) is 0 Å². The predicted molar refractivity (Wildman–Crippen MR) is 150 cm³/mol. The molecule has 0 saturated heterocycles. The molecular formula is C32H54N2. The summed E-state index contributed by atoms with van der Waals surface area (Å²) in [6.07, 6.45) is 27.1. The van der Waals surface area contributed by atoms with Crippen molar-refractivity contribution < 1.29 is 0 Å². The van der Waals surface area contributed by atoms with Gasteiger partial charge in [0.2, 0.25) is 0 Å². The van der Waals surface area contributed by atoms with Crippen molar-refractivity contribution in [1.82, 2.24) is 9.55 Å². The highest BCUT2D eigenvalue weighted by Gasteiger charge is 2.11. The van der Waals surface area contributed by atoms with Crippen LogP contribution in [0.1, 0.15) is 147 Å². The summed E-state index contributed by atoms with van der Waals surface area (Å²) in [5, 5.41) is 0. The van der Waals surface area contributed by atoms with Gasteiger partial charge in [-0.3, -0.25) is 0 Å². The zero-order valence-corrected chi connectivity index (χ0v) is 22.9. The second-order valence-corrected chi connectivity index (χ2v) is 10.7. The summed E-state index contributed by atoms with van der Waals surface area (Å²) >= 11 is 0. The molecule has 2 nitrogen and oxygen atoms in total. The lowest BCUT2D eigenvalue weighted by molar-refractivity contribution is 0.515. The second kappa shape index (κ2) is 18.7. The Balaban J connectivity index is 1.50. The number of unbranched alkanes of at least 4 members (excludes halogenated alkanes) is 14. The van der Waals surface area contributed by atoms with E-state index in [4.69, 9.17) is 4.98 Å². The van der Waals surface area contributed by atoms with Crippen LogP contribution in [-0.2, 0) is 19.4 Å². The maximum atomic E-state index is 4.99. The Morgan fingerprint density at radius 3 is 1.71 bits per heavy atom. The van der Waals surface area contributed by atoms with Gasteiger partial charge in [-0.05, 0) is 31.2 Å². The molecule has 0 spiro atoms. The molecule has 0 fully saturated rings. The first-order valence-corrected chi connectivity index (χ1v) is 14.8. The van der Waals surface area contributed by atoms with Crippen molar-refractivity contribution in [1.29, 1.82) is 0 Å². The third-order valence-corrected chi connectivity index (χ3v) is 7.12. The monoisotopic (exact) mass is 466 g/mol. The van der Waals surface area contributed by atoms with E-state index in [9.17, 15) is 0 Å². The Morgan fingerprint density at radius 1 is 0.647 bits per heavy atom. The standard InChI is InChI=1S/C32H54N2/c1-4-5-6-7-8-9-10-11-12-13-14-15-16-17-21-27-34-28-31(33-32(34)29(2)3)26-22-25-30-23-19-18-20-24-30/h18-20,23-24,28-29H,4-17,21-22,25-27H2,1-3H3. The molecule has 1 aromatic heterocycles. The largest absolute Gasteiger partial charge is 0.334 e. The molecule has 0 bridgehead atoms. The molecule has 0 amide bonds. The van der Waals surface area contributed by atoms with E-state index >= 15 is 0 Å². The smallest absolute Gasteiger partial charge is 0.111 e. The molecule has 0 aliphatic rings. The summed E-state index contributed by atoms with van der Waals surface area (Å²) in [4.78, 5) is 4.99. The predicted octanol–water partition coefficient (Wildman–Crippen LogP) is 10.1. The van der Waals surface area contributed by atoms with Gasteiger partial charge in [0.05, 0.1) is 5.69 Å². The number of hydrogen-bond donors (Lipinski definition) is 0. The van der Waals surface area contributed by atoms with Gasteiger partial charge in [0.1, 0.15) is 5.82 Å². The van der Waals surface area contributed by atoms with E-state index in [2.05, 4.69) is 61.9 Å². The normalized spacial score (nSPS) is 11.5. The molecule has 1 heterocycles. The van der Waals surface area contributed by atoms with E-state index < -0.39 is 0 Å². The maximum Gasteiger partial charge on any atom is 0.111 e. The molecule has 0 radical (unpaired) electrons. The number of benzene rings is 1. The molecule has 2 rings (SSSR count). The van der Waals surface area contributed by atoms with Gasteiger partial charge >= 0.3 is 0 Å². The van der Waals surface area contributed by atoms with Crippen LogP contribution in [0, 0.1) is 0 Å². The topological polar surface area (TPSA) is 17.8 Å². The van der Waals surface area contributed by atoms with Crippen molar-refractivity contribution in [3.05, 3.63) is 53.6 Å². The molecule has 0 aliphatic carbocycles. The van der Waals surface area contributed by atoms with Gasteiger partial charge < -0.3 is 4.57 Å². The van der Waals surface area contributed by atoms with E-state index in [-0.39, 0.29) is 0 Å². The van der Waals surface area contributed by atoms with E-state index in [0.717, 1.165) is 19.4 Å². The van der Waals surface area contributed by atoms with Gasteiger partial charge in [0, 0.05) is 18.7 Å². The van der Waals surface area contributed by atoms with Crippen LogP contribution in [0.3, 0.4) is 0 Å². The fraction of sp³-hybridized carbons (Fsp3) is 0.719. The van der Waals surface area contributed by atoms with Crippen molar-refractivity contribution in [2.75, 3.05) is 0 Å². The van der Waals surface area contributed by atoms with Crippen molar-refractivity contribution >= 4 is 0 Å². The number of aromatic nitrogens is 2. The second-order valence-electron chi connectivity index (χ2n) is 10.7. The highest BCUT2D eigenvalue weighted by Crippen LogP contribution is 2.18. The van der Waals surface area contributed by atoms with Gasteiger partial charge in [0.25, 0.3) is 0 Å². The molecule has 0 atom stereocenters. The summed E-state index contributed by atoms with van der Waals surface area (Å²) in [6, 6.07) is 10.8. The zero-order valence-electron chi connectivity index (χ0n) is 22.9. The van der Waals surface area contributed by atoms with Crippen LogP contribution >= 0.6 is 0 Å². The third kappa shape index (κ3) is 12.8. The minimum Gasteiger partial charge on any atom is -0.334 e. The van der Waals surface area contributed by atoms with Gasteiger partial charge in [-0.2, -0.15) is 0 Å². The lowest BCUT2D eigenvalue weighted by Gasteiger charge is -2.10. The number of aryl methyl sites for hydroxylation is 3. The van der Waals surface area contributed by atoms with Crippen molar-refractivity contribution in [2.24, 2.45) is 0 Å². The number of rotatable bonds is 21. The average Bonchev–Trinajstić information content (AvgIpc) is 3.25. The maximum absolute atomic E-state index is 4.99.